The molecule has 0 amide bonds. The van der Waals surface area contributed by atoms with E-state index in [0.29, 0.717) is 28.3 Å². The number of likely N-dealkylation sites (tertiary alicyclic amines) is 1. The largest absolute Gasteiger partial charge is 0.493 e. The molecule has 1 atom stereocenters. The molecule has 0 aromatic heterocycles. The van der Waals surface area contributed by atoms with Crippen molar-refractivity contribution < 1.29 is 18.7 Å². The van der Waals surface area contributed by atoms with Gasteiger partial charge in [0.25, 0.3) is 0 Å². The molecule has 1 saturated heterocycles. The minimum absolute atomic E-state index is 0.0134. The zero-order valence-corrected chi connectivity index (χ0v) is 20.8. The Labute approximate surface area is 205 Å². The Morgan fingerprint density at radius 1 is 1.15 bits per heavy atom. The summed E-state index contributed by atoms with van der Waals surface area (Å²) in [6.07, 6.45) is 3.99. The molecule has 1 unspecified atom stereocenters. The lowest BCUT2D eigenvalue weighted by atomic mass is 9.80. The maximum Gasteiger partial charge on any atom is 0.340 e. The van der Waals surface area contributed by atoms with Crippen LogP contribution in [-0.2, 0) is 4.74 Å². The monoisotopic (exact) mass is 493 g/mol. The van der Waals surface area contributed by atoms with Crippen LogP contribution in [0.15, 0.2) is 30.3 Å². The van der Waals surface area contributed by atoms with E-state index in [9.17, 15) is 9.18 Å². The molecule has 1 aliphatic heterocycles. The van der Waals surface area contributed by atoms with E-state index in [1.54, 1.807) is 12.1 Å². The number of esters is 1. The molecule has 7 heteroatoms. The lowest BCUT2D eigenvalue weighted by Crippen LogP contribution is -2.42. The highest BCUT2D eigenvalue weighted by atomic mass is 35.5. The van der Waals surface area contributed by atoms with Gasteiger partial charge in [-0.15, -0.1) is 0 Å². The van der Waals surface area contributed by atoms with Gasteiger partial charge in [-0.2, -0.15) is 0 Å². The summed E-state index contributed by atoms with van der Waals surface area (Å²) >= 11 is 12.4. The first kappa shape index (κ1) is 24.3. The molecule has 178 valence electrons. The van der Waals surface area contributed by atoms with Gasteiger partial charge in [0, 0.05) is 27.6 Å². The van der Waals surface area contributed by atoms with E-state index in [-0.39, 0.29) is 17.0 Å². The van der Waals surface area contributed by atoms with Gasteiger partial charge in [0.1, 0.15) is 11.6 Å². The van der Waals surface area contributed by atoms with E-state index in [1.165, 1.54) is 13.2 Å². The molecule has 1 aliphatic carbocycles. The average molecular weight is 494 g/mol. The molecule has 0 radical (unpaired) electrons. The molecule has 1 saturated carbocycles. The summed E-state index contributed by atoms with van der Waals surface area (Å²) in [5, 5.41) is 1.30. The second kappa shape index (κ2) is 9.81. The fourth-order valence-electron chi connectivity index (χ4n) is 4.55. The van der Waals surface area contributed by atoms with Crippen LogP contribution >= 0.6 is 23.2 Å². The molecule has 0 N–H and O–H groups in total. The van der Waals surface area contributed by atoms with Crippen LogP contribution in [0.1, 0.15) is 73.0 Å². The molecule has 2 aromatic rings. The third-order valence-corrected chi connectivity index (χ3v) is 7.45. The third kappa shape index (κ3) is 5.64. The fraction of sp³-hybridized carbons (Fsp3) is 0.500. The molecule has 0 spiro atoms. The predicted octanol–water partition coefficient (Wildman–Crippen LogP) is 7.04. The first-order chi connectivity index (χ1) is 15.7. The van der Waals surface area contributed by atoms with Crippen LogP contribution in [0.2, 0.25) is 10.0 Å². The molecule has 2 aliphatic rings. The lowest BCUT2D eigenvalue weighted by molar-refractivity contribution is 0.0508. The van der Waals surface area contributed by atoms with Crippen LogP contribution in [0.25, 0.3) is 0 Å². The minimum Gasteiger partial charge on any atom is -0.493 e. The molecular weight excluding hydrogens is 464 g/mol. The molecule has 4 rings (SSSR count). The number of halogens is 3. The summed E-state index contributed by atoms with van der Waals surface area (Å²) in [6.45, 7) is 6.76. The summed E-state index contributed by atoms with van der Waals surface area (Å²) in [4.78, 5) is 14.3. The van der Waals surface area contributed by atoms with E-state index in [2.05, 4.69) is 18.7 Å². The number of carbonyl (C=O) groups is 1. The number of nitrogens with zero attached hydrogens (tertiary/aromatic N) is 1. The molecule has 33 heavy (non-hydrogen) atoms. The van der Waals surface area contributed by atoms with Gasteiger partial charge in [-0.05, 0) is 87.0 Å². The van der Waals surface area contributed by atoms with Crippen molar-refractivity contribution >= 4 is 29.2 Å². The predicted molar refractivity (Wildman–Crippen MR) is 129 cm³/mol. The van der Waals surface area contributed by atoms with Gasteiger partial charge >= 0.3 is 5.97 Å². The van der Waals surface area contributed by atoms with Crippen molar-refractivity contribution in [1.82, 2.24) is 4.90 Å². The summed E-state index contributed by atoms with van der Waals surface area (Å²) in [5.74, 6) is -0.386. The highest BCUT2D eigenvalue weighted by molar-refractivity contribution is 6.34. The van der Waals surface area contributed by atoms with Crippen LogP contribution in [0.4, 0.5) is 4.39 Å². The number of hydrogen-bond donors (Lipinski definition) is 0. The minimum atomic E-state index is -0.657. The van der Waals surface area contributed by atoms with Crippen molar-refractivity contribution in [2.45, 2.75) is 51.5 Å². The maximum absolute atomic E-state index is 14.6. The van der Waals surface area contributed by atoms with Crippen LogP contribution in [0.5, 0.6) is 5.75 Å². The van der Waals surface area contributed by atoms with E-state index in [4.69, 9.17) is 32.7 Å². The number of methoxy groups -OCH3 is 1. The zero-order valence-electron chi connectivity index (χ0n) is 19.3. The Balaban J connectivity index is 1.41. The number of ether oxygens (including phenoxy) is 2. The van der Waals surface area contributed by atoms with Crippen LogP contribution < -0.4 is 4.74 Å². The van der Waals surface area contributed by atoms with E-state index < -0.39 is 11.8 Å². The van der Waals surface area contributed by atoms with Crippen molar-refractivity contribution in [2.24, 2.45) is 5.41 Å². The molecule has 4 nitrogen and oxygen atoms in total. The Morgan fingerprint density at radius 3 is 2.36 bits per heavy atom. The zero-order chi connectivity index (χ0) is 23.8. The fourth-order valence-corrected chi connectivity index (χ4v) is 5.09. The quantitative estimate of drug-likeness (QED) is 0.387. The first-order valence-electron chi connectivity index (χ1n) is 11.4. The van der Waals surface area contributed by atoms with E-state index in [1.807, 2.05) is 12.1 Å². The highest BCUT2D eigenvalue weighted by Crippen LogP contribution is 2.46. The Morgan fingerprint density at radius 2 is 1.79 bits per heavy atom. The summed E-state index contributed by atoms with van der Waals surface area (Å²) < 4.78 is 25.5. The van der Waals surface area contributed by atoms with E-state index in [0.717, 1.165) is 49.9 Å². The maximum atomic E-state index is 14.6. The second-order valence-electron chi connectivity index (χ2n) is 9.65. The highest BCUT2D eigenvalue weighted by Gasteiger charge is 2.34. The Kier molecular flexibility index (Phi) is 7.23. The number of rotatable bonds is 7. The normalized spacial score (nSPS) is 19.2. The second-order valence-corrected chi connectivity index (χ2v) is 10.5. The molecular formula is C26H30Cl2FNO3. The van der Waals surface area contributed by atoms with Gasteiger partial charge in [-0.3, -0.25) is 4.90 Å². The van der Waals surface area contributed by atoms with Gasteiger partial charge in [0.2, 0.25) is 0 Å². The first-order valence-corrected chi connectivity index (χ1v) is 12.2. The van der Waals surface area contributed by atoms with Crippen LogP contribution in [-0.4, -0.2) is 37.7 Å². The van der Waals surface area contributed by atoms with Gasteiger partial charge in [0.05, 0.1) is 19.3 Å². The SMILES string of the molecule is COC(=O)c1cc(C2CC2)c(OCC2(C)CCN(C(C)c3cc(Cl)cc(Cl)c3)CC2)cc1F. The smallest absolute Gasteiger partial charge is 0.340 e. The Hall–Kier alpha value is -1.82. The summed E-state index contributed by atoms with van der Waals surface area (Å²) in [5.41, 5.74) is 1.98. The standard InChI is InChI=1S/C26H30Cl2FNO3/c1-16(18-10-19(27)12-20(28)11-18)30-8-6-26(2,7-9-30)15-33-24-14-23(29)22(25(31)32-3)13-21(24)17-4-5-17/h10-14,16-17H,4-9,15H2,1-3H3. The topological polar surface area (TPSA) is 38.8 Å². The van der Waals surface area contributed by atoms with Crippen LogP contribution in [0, 0.1) is 11.2 Å². The number of carbonyl (C=O) groups excluding carboxylic acids is 1. The van der Waals surface area contributed by atoms with Gasteiger partial charge in [0.15, 0.2) is 0 Å². The number of hydrogen-bond acceptors (Lipinski definition) is 4. The molecule has 2 fully saturated rings. The molecule has 0 bridgehead atoms. The molecule has 2 aromatic carbocycles. The summed E-state index contributed by atoms with van der Waals surface area (Å²) in [6, 6.07) is 8.87. The number of benzene rings is 2. The lowest BCUT2D eigenvalue weighted by Gasteiger charge is -2.42. The van der Waals surface area contributed by atoms with Gasteiger partial charge < -0.3 is 9.47 Å². The van der Waals surface area contributed by atoms with Crippen molar-refractivity contribution in [2.75, 3.05) is 26.8 Å². The van der Waals surface area contributed by atoms with Crippen molar-refractivity contribution in [3.8, 4) is 5.75 Å². The summed E-state index contributed by atoms with van der Waals surface area (Å²) in [7, 11) is 1.26. The van der Waals surface area contributed by atoms with Crippen LogP contribution in [0.3, 0.4) is 0 Å². The number of piperidine rings is 1. The van der Waals surface area contributed by atoms with Crippen molar-refractivity contribution in [3.05, 3.63) is 62.9 Å². The van der Waals surface area contributed by atoms with Crippen molar-refractivity contribution in [3.63, 3.8) is 0 Å². The van der Waals surface area contributed by atoms with Gasteiger partial charge in [-0.25, -0.2) is 9.18 Å². The average Bonchev–Trinajstić information content (AvgIpc) is 3.62. The van der Waals surface area contributed by atoms with Crippen molar-refractivity contribution in [1.29, 1.82) is 0 Å². The molecule has 1 heterocycles. The Bertz CT molecular complexity index is 1010. The van der Waals surface area contributed by atoms with Gasteiger partial charge in [-0.1, -0.05) is 30.1 Å². The van der Waals surface area contributed by atoms with E-state index >= 15 is 0 Å². The third-order valence-electron chi connectivity index (χ3n) is 7.02.